The highest BCUT2D eigenvalue weighted by Crippen LogP contribution is 2.39. The number of hydrogen-bond acceptors (Lipinski definition) is 3. The third-order valence-electron chi connectivity index (χ3n) is 4.60. The number of carbonyl (C=O) groups excluding carboxylic acids is 1. The second-order valence-corrected chi connectivity index (χ2v) is 9.04. The number of aromatic hydroxyl groups is 1. The van der Waals surface area contributed by atoms with Gasteiger partial charge in [0.05, 0.1) is 5.56 Å². The van der Waals surface area contributed by atoms with E-state index in [1.165, 1.54) is 18.2 Å². The minimum atomic E-state index is -0.986. The maximum absolute atomic E-state index is 12.8. The van der Waals surface area contributed by atoms with E-state index in [-0.39, 0.29) is 27.9 Å². The number of aromatic carboxylic acids is 1. The molecule has 0 saturated carbocycles. The second kappa shape index (κ2) is 7.63. The van der Waals surface area contributed by atoms with E-state index in [1.807, 2.05) is 41.5 Å². The fourth-order valence-corrected chi connectivity index (χ4v) is 2.93. The van der Waals surface area contributed by atoms with Crippen LogP contribution < -0.4 is 0 Å². The first-order valence-corrected chi connectivity index (χ1v) is 9.24. The second-order valence-electron chi connectivity index (χ2n) is 9.04. The van der Waals surface area contributed by atoms with Crippen molar-refractivity contribution in [2.24, 2.45) is 0 Å². The summed E-state index contributed by atoms with van der Waals surface area (Å²) < 4.78 is 0. The maximum atomic E-state index is 12.8. The van der Waals surface area contributed by atoms with Gasteiger partial charge in [0.1, 0.15) is 5.75 Å². The van der Waals surface area contributed by atoms with E-state index in [9.17, 15) is 14.7 Å². The fraction of sp³-hybridized carbons (Fsp3) is 0.333. The van der Waals surface area contributed by atoms with E-state index in [4.69, 9.17) is 5.11 Å². The smallest absolute Gasteiger partial charge is 0.335 e. The lowest BCUT2D eigenvalue weighted by Gasteiger charge is -2.27. The Labute approximate surface area is 166 Å². The van der Waals surface area contributed by atoms with Crippen molar-refractivity contribution in [2.45, 2.75) is 52.4 Å². The van der Waals surface area contributed by atoms with Crippen molar-refractivity contribution in [2.75, 3.05) is 0 Å². The van der Waals surface area contributed by atoms with Gasteiger partial charge in [0.15, 0.2) is 5.78 Å². The molecular formula is C24H28O4. The van der Waals surface area contributed by atoms with Crippen LogP contribution in [0, 0.1) is 0 Å². The average molecular weight is 380 g/mol. The highest BCUT2D eigenvalue weighted by Gasteiger charge is 2.27. The summed E-state index contributed by atoms with van der Waals surface area (Å²) in [6.07, 6.45) is 3.13. The molecule has 0 unspecified atom stereocenters. The van der Waals surface area contributed by atoms with Crippen LogP contribution in [0.3, 0.4) is 0 Å². The Bertz CT molecular complexity index is 886. The summed E-state index contributed by atoms with van der Waals surface area (Å²) in [6.45, 7) is 12.0. The molecule has 148 valence electrons. The standard InChI is InChI=1S/C24H28O4/c1-23(2,3)18-13-17(14-19(21(18)26)24(4,5)6)20(25)12-9-15-7-10-16(11-8-15)22(27)28/h7-14,26H,1-6H3,(H,27,28). The number of benzene rings is 2. The van der Waals surface area contributed by atoms with E-state index in [0.717, 1.165) is 16.7 Å². The molecule has 0 amide bonds. The van der Waals surface area contributed by atoms with Gasteiger partial charge in [-0.1, -0.05) is 59.8 Å². The SMILES string of the molecule is CC(C)(C)c1cc(C(=O)C=Cc2ccc(C(=O)O)cc2)cc(C(C)(C)C)c1O. The number of carbonyl (C=O) groups is 2. The third kappa shape index (κ3) is 4.89. The van der Waals surface area contributed by atoms with E-state index in [0.29, 0.717) is 5.56 Å². The van der Waals surface area contributed by atoms with Gasteiger partial charge in [0, 0.05) is 16.7 Å². The monoisotopic (exact) mass is 380 g/mol. The van der Waals surface area contributed by atoms with E-state index in [1.54, 1.807) is 30.3 Å². The zero-order valence-electron chi connectivity index (χ0n) is 17.3. The van der Waals surface area contributed by atoms with Gasteiger partial charge in [-0.2, -0.15) is 0 Å². The summed E-state index contributed by atoms with van der Waals surface area (Å²) >= 11 is 0. The first-order chi connectivity index (χ1) is 12.8. The van der Waals surface area contributed by atoms with E-state index < -0.39 is 5.97 Å². The van der Waals surface area contributed by atoms with Crippen molar-refractivity contribution >= 4 is 17.8 Å². The third-order valence-corrected chi connectivity index (χ3v) is 4.60. The van der Waals surface area contributed by atoms with Crippen LogP contribution in [0.15, 0.2) is 42.5 Å². The van der Waals surface area contributed by atoms with Crippen LogP contribution in [0.25, 0.3) is 6.08 Å². The zero-order valence-corrected chi connectivity index (χ0v) is 17.3. The fourth-order valence-electron chi connectivity index (χ4n) is 2.93. The van der Waals surface area contributed by atoms with E-state index >= 15 is 0 Å². The molecule has 0 radical (unpaired) electrons. The van der Waals surface area contributed by atoms with Crippen molar-refractivity contribution in [3.05, 3.63) is 70.3 Å². The Kier molecular flexibility index (Phi) is 5.83. The highest BCUT2D eigenvalue weighted by molar-refractivity contribution is 6.07. The topological polar surface area (TPSA) is 74.6 Å². The number of carboxylic acid groups (broad SMARTS) is 1. The van der Waals surface area contributed by atoms with Crippen LogP contribution >= 0.6 is 0 Å². The molecule has 0 fully saturated rings. The molecule has 0 heterocycles. The number of allylic oxidation sites excluding steroid dienone is 1. The predicted molar refractivity (Wildman–Crippen MR) is 112 cm³/mol. The number of phenols is 1. The van der Waals surface area contributed by atoms with Crippen molar-refractivity contribution in [3.63, 3.8) is 0 Å². The minimum Gasteiger partial charge on any atom is -0.507 e. The summed E-state index contributed by atoms with van der Waals surface area (Å²) in [4.78, 5) is 23.7. The molecule has 0 aliphatic heterocycles. The molecule has 0 aliphatic carbocycles. The van der Waals surface area contributed by atoms with Gasteiger partial charge in [0.2, 0.25) is 0 Å². The molecule has 0 aromatic heterocycles. The molecule has 2 aromatic carbocycles. The summed E-state index contributed by atoms with van der Waals surface area (Å²) in [5, 5.41) is 19.7. The lowest BCUT2D eigenvalue weighted by molar-refractivity contribution is 0.0696. The molecule has 4 heteroatoms. The molecule has 4 nitrogen and oxygen atoms in total. The summed E-state index contributed by atoms with van der Waals surface area (Å²) in [5.74, 6) is -0.914. The number of phenolic OH excluding ortho intramolecular Hbond substituents is 1. The number of hydrogen-bond donors (Lipinski definition) is 2. The largest absolute Gasteiger partial charge is 0.507 e. The summed E-state index contributed by atoms with van der Waals surface area (Å²) in [7, 11) is 0. The maximum Gasteiger partial charge on any atom is 0.335 e. The lowest BCUT2D eigenvalue weighted by atomic mass is 9.78. The van der Waals surface area contributed by atoms with Gasteiger partial charge in [-0.15, -0.1) is 0 Å². The van der Waals surface area contributed by atoms with Crippen LogP contribution in [0.5, 0.6) is 5.75 Å². The van der Waals surface area contributed by atoms with Crippen molar-refractivity contribution in [1.82, 2.24) is 0 Å². The summed E-state index contributed by atoms with van der Waals surface area (Å²) in [6, 6.07) is 9.83. The Morgan fingerprint density at radius 3 is 1.68 bits per heavy atom. The van der Waals surface area contributed by atoms with Crippen LogP contribution in [0.4, 0.5) is 0 Å². The van der Waals surface area contributed by atoms with Gasteiger partial charge in [-0.25, -0.2) is 4.79 Å². The van der Waals surface area contributed by atoms with Gasteiger partial charge < -0.3 is 10.2 Å². The molecule has 2 rings (SSSR count). The van der Waals surface area contributed by atoms with E-state index in [2.05, 4.69) is 0 Å². The zero-order chi connectivity index (χ0) is 21.3. The minimum absolute atomic E-state index is 0.168. The number of carboxylic acids is 1. The van der Waals surface area contributed by atoms with Crippen LogP contribution in [0.2, 0.25) is 0 Å². The molecule has 0 bridgehead atoms. The molecule has 2 aromatic rings. The van der Waals surface area contributed by atoms with Gasteiger partial charge in [-0.3, -0.25) is 4.79 Å². The Balaban J connectivity index is 2.43. The molecular weight excluding hydrogens is 352 g/mol. The van der Waals surface area contributed by atoms with Crippen LogP contribution in [0.1, 0.15) is 78.9 Å². The number of rotatable bonds is 4. The summed E-state index contributed by atoms with van der Waals surface area (Å²) in [5.41, 5.74) is 2.32. The average Bonchev–Trinajstić information content (AvgIpc) is 2.58. The molecule has 28 heavy (non-hydrogen) atoms. The lowest BCUT2D eigenvalue weighted by Crippen LogP contribution is -2.18. The molecule has 2 N–H and O–H groups in total. The van der Waals surface area contributed by atoms with Crippen molar-refractivity contribution in [3.8, 4) is 5.75 Å². The first-order valence-electron chi connectivity index (χ1n) is 9.24. The normalized spacial score (nSPS) is 12.4. The Hall–Kier alpha value is -2.88. The van der Waals surface area contributed by atoms with Gasteiger partial charge in [-0.05, 0) is 46.7 Å². The molecule has 0 atom stereocenters. The molecule has 0 spiro atoms. The van der Waals surface area contributed by atoms with Crippen LogP contribution in [-0.2, 0) is 10.8 Å². The first kappa shape index (κ1) is 21.4. The molecule has 0 saturated heterocycles. The van der Waals surface area contributed by atoms with Crippen LogP contribution in [-0.4, -0.2) is 22.0 Å². The van der Waals surface area contributed by atoms with Gasteiger partial charge in [0.25, 0.3) is 0 Å². The van der Waals surface area contributed by atoms with Gasteiger partial charge >= 0.3 is 5.97 Å². The highest BCUT2D eigenvalue weighted by atomic mass is 16.4. The Morgan fingerprint density at radius 1 is 0.821 bits per heavy atom. The molecule has 0 aliphatic rings. The number of ketones is 1. The predicted octanol–water partition coefficient (Wildman–Crippen LogP) is 5.58. The Morgan fingerprint density at radius 2 is 1.29 bits per heavy atom. The van der Waals surface area contributed by atoms with Crippen molar-refractivity contribution < 1.29 is 19.8 Å². The quantitative estimate of drug-likeness (QED) is 0.536. The van der Waals surface area contributed by atoms with Crippen molar-refractivity contribution in [1.29, 1.82) is 0 Å².